The van der Waals surface area contributed by atoms with Crippen molar-refractivity contribution < 1.29 is 19.1 Å². The van der Waals surface area contributed by atoms with Gasteiger partial charge in [-0.05, 0) is 67.0 Å². The molecule has 2 aromatic heterocycles. The molecule has 0 saturated carbocycles. The van der Waals surface area contributed by atoms with Gasteiger partial charge in [-0.25, -0.2) is 19.5 Å². The van der Waals surface area contributed by atoms with Gasteiger partial charge in [-0.3, -0.25) is 0 Å². The number of aryl methyl sites for hydroxylation is 2. The van der Waals surface area contributed by atoms with E-state index in [1.54, 1.807) is 61.5 Å². The van der Waals surface area contributed by atoms with Gasteiger partial charge in [0.15, 0.2) is 11.6 Å². The van der Waals surface area contributed by atoms with Crippen molar-refractivity contribution in [3.63, 3.8) is 0 Å². The van der Waals surface area contributed by atoms with Gasteiger partial charge in [0.25, 0.3) is 0 Å². The Bertz CT molecular complexity index is 928. The first-order valence-electron chi connectivity index (χ1n) is 9.00. The summed E-state index contributed by atoms with van der Waals surface area (Å²) in [5.74, 6) is 0.341. The van der Waals surface area contributed by atoms with Crippen molar-refractivity contribution in [1.29, 1.82) is 0 Å². The number of amides is 1. The second-order valence-corrected chi connectivity index (χ2v) is 8.84. The van der Waals surface area contributed by atoms with Gasteiger partial charge in [-0.15, -0.1) is 5.10 Å². The lowest BCUT2D eigenvalue weighted by atomic mass is 10.2. The number of carbonyl (C=O) groups is 2. The lowest BCUT2D eigenvalue weighted by Crippen LogP contribution is -2.35. The molecule has 10 heteroatoms. The molecule has 0 aliphatic carbocycles. The standard InChI is InChI=1S/C19H26ClN5O4/c1-11-10-21-15(20)22-14(11)24(16(26)28-18(3,4)5)13-9-12(2)25(23-13)17(27)29-19(6,7)8/h9-10H,1-8H3. The molecule has 0 unspecified atom stereocenters. The predicted molar refractivity (Wildman–Crippen MR) is 109 cm³/mol. The Hall–Kier alpha value is -2.68. The molecule has 0 bridgehead atoms. The highest BCUT2D eigenvalue weighted by atomic mass is 35.5. The zero-order valence-corrected chi connectivity index (χ0v) is 18.7. The van der Waals surface area contributed by atoms with Crippen LogP contribution in [-0.2, 0) is 9.47 Å². The first-order valence-corrected chi connectivity index (χ1v) is 9.38. The quantitative estimate of drug-likeness (QED) is 0.639. The van der Waals surface area contributed by atoms with Crippen LogP contribution in [0.3, 0.4) is 0 Å². The molecule has 0 aliphatic rings. The van der Waals surface area contributed by atoms with Crippen LogP contribution in [0.5, 0.6) is 0 Å². The summed E-state index contributed by atoms with van der Waals surface area (Å²) in [6.45, 7) is 13.9. The Morgan fingerprint density at radius 3 is 2.21 bits per heavy atom. The third kappa shape index (κ3) is 5.90. The number of ether oxygens (including phenoxy) is 2. The Labute approximate surface area is 175 Å². The number of halogens is 1. The summed E-state index contributed by atoms with van der Waals surface area (Å²) in [6, 6.07) is 1.56. The van der Waals surface area contributed by atoms with Crippen LogP contribution < -0.4 is 4.90 Å². The monoisotopic (exact) mass is 423 g/mol. The second-order valence-electron chi connectivity index (χ2n) is 8.50. The van der Waals surface area contributed by atoms with Crippen molar-refractivity contribution in [3.8, 4) is 0 Å². The van der Waals surface area contributed by atoms with Gasteiger partial charge in [-0.2, -0.15) is 9.67 Å². The summed E-state index contributed by atoms with van der Waals surface area (Å²) >= 11 is 5.94. The molecule has 0 aliphatic heterocycles. The van der Waals surface area contributed by atoms with E-state index < -0.39 is 23.4 Å². The maximum Gasteiger partial charge on any atom is 0.435 e. The van der Waals surface area contributed by atoms with Crippen molar-refractivity contribution in [3.05, 3.63) is 28.8 Å². The Balaban J connectivity index is 2.55. The number of hydrogen-bond acceptors (Lipinski definition) is 7. The topological polar surface area (TPSA) is 99.4 Å². The van der Waals surface area contributed by atoms with E-state index in [1.807, 2.05) is 0 Å². The smallest absolute Gasteiger partial charge is 0.435 e. The number of rotatable bonds is 2. The van der Waals surface area contributed by atoms with Gasteiger partial charge in [0.05, 0.1) is 5.69 Å². The number of hydrogen-bond donors (Lipinski definition) is 0. The van der Waals surface area contributed by atoms with Crippen molar-refractivity contribution in [2.24, 2.45) is 0 Å². The molecule has 0 fully saturated rings. The van der Waals surface area contributed by atoms with Crippen molar-refractivity contribution in [1.82, 2.24) is 19.7 Å². The van der Waals surface area contributed by atoms with Crippen molar-refractivity contribution in [2.45, 2.75) is 66.6 Å². The lowest BCUT2D eigenvalue weighted by Gasteiger charge is -2.26. The molecular formula is C19H26ClN5O4. The van der Waals surface area contributed by atoms with E-state index in [-0.39, 0.29) is 16.9 Å². The van der Waals surface area contributed by atoms with Crippen LogP contribution in [-0.4, -0.2) is 43.1 Å². The highest BCUT2D eigenvalue weighted by molar-refractivity contribution is 6.28. The van der Waals surface area contributed by atoms with E-state index in [1.165, 1.54) is 6.20 Å². The molecule has 2 aromatic rings. The van der Waals surface area contributed by atoms with Crippen LogP contribution in [0.2, 0.25) is 5.28 Å². The van der Waals surface area contributed by atoms with E-state index >= 15 is 0 Å². The zero-order chi connectivity index (χ0) is 22.1. The molecular weight excluding hydrogens is 398 g/mol. The Morgan fingerprint density at radius 2 is 1.66 bits per heavy atom. The van der Waals surface area contributed by atoms with E-state index in [2.05, 4.69) is 15.1 Å². The minimum atomic E-state index is -0.761. The van der Waals surface area contributed by atoms with E-state index in [9.17, 15) is 9.59 Å². The summed E-state index contributed by atoms with van der Waals surface area (Å²) in [4.78, 5) is 34.7. The fraction of sp³-hybridized carbons (Fsp3) is 0.526. The van der Waals surface area contributed by atoms with Gasteiger partial charge < -0.3 is 9.47 Å². The van der Waals surface area contributed by atoms with Crippen LogP contribution in [0.25, 0.3) is 0 Å². The summed E-state index contributed by atoms with van der Waals surface area (Å²) in [5, 5.41) is 4.22. The molecule has 0 N–H and O–H groups in total. The van der Waals surface area contributed by atoms with Crippen molar-refractivity contribution in [2.75, 3.05) is 4.90 Å². The van der Waals surface area contributed by atoms with Gasteiger partial charge in [-0.1, -0.05) is 0 Å². The van der Waals surface area contributed by atoms with E-state index in [0.717, 1.165) is 9.58 Å². The van der Waals surface area contributed by atoms with E-state index in [0.29, 0.717) is 11.3 Å². The zero-order valence-electron chi connectivity index (χ0n) is 17.9. The van der Waals surface area contributed by atoms with Crippen LogP contribution in [0.4, 0.5) is 21.2 Å². The predicted octanol–water partition coefficient (Wildman–Crippen LogP) is 4.80. The van der Waals surface area contributed by atoms with Crippen LogP contribution in [0.1, 0.15) is 52.8 Å². The number of anilines is 2. The van der Waals surface area contributed by atoms with Crippen molar-refractivity contribution >= 4 is 35.4 Å². The third-order valence-electron chi connectivity index (χ3n) is 3.37. The second kappa shape index (κ2) is 7.98. The lowest BCUT2D eigenvalue weighted by molar-refractivity contribution is 0.0506. The molecule has 2 heterocycles. The average Bonchev–Trinajstić information content (AvgIpc) is 2.89. The Kier molecular flexibility index (Phi) is 6.22. The average molecular weight is 424 g/mol. The van der Waals surface area contributed by atoms with Crippen LogP contribution >= 0.6 is 11.6 Å². The molecule has 0 radical (unpaired) electrons. The van der Waals surface area contributed by atoms with Crippen LogP contribution in [0.15, 0.2) is 12.3 Å². The molecule has 9 nitrogen and oxygen atoms in total. The highest BCUT2D eigenvalue weighted by Gasteiger charge is 2.31. The van der Waals surface area contributed by atoms with Gasteiger partial charge >= 0.3 is 12.2 Å². The third-order valence-corrected chi connectivity index (χ3v) is 3.56. The number of aromatic nitrogens is 4. The summed E-state index contributed by atoms with van der Waals surface area (Å²) < 4.78 is 12.0. The minimum absolute atomic E-state index is 0.0394. The fourth-order valence-electron chi connectivity index (χ4n) is 2.29. The van der Waals surface area contributed by atoms with Gasteiger partial charge in [0.1, 0.15) is 11.2 Å². The highest BCUT2D eigenvalue weighted by Crippen LogP contribution is 2.29. The molecule has 0 saturated heterocycles. The molecule has 29 heavy (non-hydrogen) atoms. The van der Waals surface area contributed by atoms with Gasteiger partial charge in [0.2, 0.25) is 5.28 Å². The number of carbonyl (C=O) groups excluding carboxylic acids is 2. The minimum Gasteiger partial charge on any atom is -0.443 e. The largest absolute Gasteiger partial charge is 0.443 e. The Morgan fingerprint density at radius 1 is 1.07 bits per heavy atom. The molecule has 0 spiro atoms. The molecule has 2 rings (SSSR count). The maximum absolute atomic E-state index is 13.0. The summed E-state index contributed by atoms with van der Waals surface area (Å²) in [5.41, 5.74) is -0.412. The normalized spacial score (nSPS) is 11.9. The van der Waals surface area contributed by atoms with E-state index in [4.69, 9.17) is 21.1 Å². The SMILES string of the molecule is Cc1cnc(Cl)nc1N(C(=O)OC(C)(C)C)c1cc(C)n(C(=O)OC(C)(C)C)n1. The fourth-order valence-corrected chi connectivity index (χ4v) is 2.42. The molecule has 1 amide bonds. The molecule has 0 atom stereocenters. The first kappa shape index (κ1) is 22.6. The maximum atomic E-state index is 13.0. The molecule has 158 valence electrons. The van der Waals surface area contributed by atoms with Crippen LogP contribution in [0, 0.1) is 13.8 Å². The number of nitrogens with zero attached hydrogens (tertiary/aromatic N) is 5. The van der Waals surface area contributed by atoms with Gasteiger partial charge in [0, 0.05) is 17.8 Å². The first-order chi connectivity index (χ1) is 13.2. The summed E-state index contributed by atoms with van der Waals surface area (Å²) in [7, 11) is 0. The molecule has 0 aromatic carbocycles. The summed E-state index contributed by atoms with van der Waals surface area (Å²) in [6.07, 6.45) is 0.103.